The van der Waals surface area contributed by atoms with Gasteiger partial charge in [-0.25, -0.2) is 14.4 Å². The van der Waals surface area contributed by atoms with E-state index in [1.54, 1.807) is 24.4 Å². The zero-order chi connectivity index (χ0) is 12.8. The van der Waals surface area contributed by atoms with Gasteiger partial charge in [0.15, 0.2) is 0 Å². The second kappa shape index (κ2) is 6.07. The van der Waals surface area contributed by atoms with E-state index in [9.17, 15) is 4.39 Å². The van der Waals surface area contributed by atoms with Gasteiger partial charge in [-0.2, -0.15) is 0 Å². The van der Waals surface area contributed by atoms with Crippen LogP contribution in [0, 0.1) is 5.82 Å². The quantitative estimate of drug-likeness (QED) is 0.840. The molecule has 0 aliphatic heterocycles. The second-order valence-electron chi connectivity index (χ2n) is 3.86. The van der Waals surface area contributed by atoms with Gasteiger partial charge in [-0.1, -0.05) is 18.2 Å². The number of hydrogen-bond acceptors (Lipinski definition) is 4. The summed E-state index contributed by atoms with van der Waals surface area (Å²) in [6.07, 6.45) is 2.11. The van der Waals surface area contributed by atoms with Crippen molar-refractivity contribution in [3.8, 4) is 0 Å². The molecule has 4 nitrogen and oxygen atoms in total. The molecule has 5 heteroatoms. The van der Waals surface area contributed by atoms with Crippen molar-refractivity contribution in [1.29, 1.82) is 0 Å². The van der Waals surface area contributed by atoms with Crippen LogP contribution in [0.2, 0.25) is 0 Å². The molecule has 0 fully saturated rings. The summed E-state index contributed by atoms with van der Waals surface area (Å²) in [6, 6.07) is 8.47. The van der Waals surface area contributed by atoms with Crippen LogP contribution in [0.4, 0.5) is 10.3 Å². The molecule has 0 bridgehead atoms. The molecule has 3 N–H and O–H groups in total. The third-order valence-corrected chi connectivity index (χ3v) is 2.47. The Labute approximate surface area is 105 Å². The fourth-order valence-corrected chi connectivity index (χ4v) is 1.60. The molecule has 0 saturated heterocycles. The normalized spacial score (nSPS) is 10.3. The highest BCUT2D eigenvalue weighted by Crippen LogP contribution is 2.12. The molecule has 18 heavy (non-hydrogen) atoms. The Morgan fingerprint density at radius 3 is 2.83 bits per heavy atom. The number of nitrogens with one attached hydrogen (secondary N) is 1. The van der Waals surface area contributed by atoms with Gasteiger partial charge < -0.3 is 11.1 Å². The number of benzene rings is 1. The van der Waals surface area contributed by atoms with E-state index in [2.05, 4.69) is 15.3 Å². The average Bonchev–Trinajstić information content (AvgIpc) is 2.40. The first-order chi connectivity index (χ1) is 8.79. The van der Waals surface area contributed by atoms with E-state index in [-0.39, 0.29) is 5.82 Å². The minimum absolute atomic E-state index is 0.215. The molecule has 0 aliphatic carbocycles. The van der Waals surface area contributed by atoms with Gasteiger partial charge in [-0.05, 0) is 17.7 Å². The van der Waals surface area contributed by atoms with Gasteiger partial charge in [-0.15, -0.1) is 0 Å². The molecule has 0 unspecified atom stereocenters. The van der Waals surface area contributed by atoms with E-state index in [4.69, 9.17) is 5.73 Å². The van der Waals surface area contributed by atoms with Crippen LogP contribution < -0.4 is 11.1 Å². The van der Waals surface area contributed by atoms with Gasteiger partial charge in [0.2, 0.25) is 5.95 Å². The van der Waals surface area contributed by atoms with Gasteiger partial charge in [-0.3, -0.25) is 0 Å². The van der Waals surface area contributed by atoms with Gasteiger partial charge in [0.25, 0.3) is 0 Å². The molecule has 2 aromatic rings. The predicted molar refractivity (Wildman–Crippen MR) is 68.8 cm³/mol. The molecular weight excluding hydrogens is 231 g/mol. The number of aromatic nitrogens is 2. The van der Waals surface area contributed by atoms with Crippen molar-refractivity contribution in [3.05, 3.63) is 53.6 Å². The molecule has 0 saturated carbocycles. The first-order valence-corrected chi connectivity index (χ1v) is 5.79. The second-order valence-corrected chi connectivity index (χ2v) is 3.86. The Hall–Kier alpha value is -2.01. The Morgan fingerprint density at radius 2 is 2.06 bits per heavy atom. The predicted octanol–water partition coefficient (Wildman–Crippen LogP) is 1.58. The summed E-state index contributed by atoms with van der Waals surface area (Å²) in [5.74, 6) is 0.307. The van der Waals surface area contributed by atoms with Crippen LogP contribution in [0.25, 0.3) is 0 Å². The lowest BCUT2D eigenvalue weighted by molar-refractivity contribution is 0.613. The van der Waals surface area contributed by atoms with Crippen molar-refractivity contribution < 1.29 is 4.39 Å². The summed E-state index contributed by atoms with van der Waals surface area (Å²) in [5.41, 5.74) is 6.79. The minimum atomic E-state index is -0.215. The van der Waals surface area contributed by atoms with Crippen LogP contribution in [-0.4, -0.2) is 23.1 Å². The third-order valence-electron chi connectivity index (χ3n) is 2.47. The van der Waals surface area contributed by atoms with Gasteiger partial charge in [0, 0.05) is 25.7 Å². The monoisotopic (exact) mass is 246 g/mol. The summed E-state index contributed by atoms with van der Waals surface area (Å²) in [5, 5.41) is 2.99. The van der Waals surface area contributed by atoms with Crippen molar-refractivity contribution in [2.45, 2.75) is 6.42 Å². The van der Waals surface area contributed by atoms with Gasteiger partial charge in [0.1, 0.15) is 5.82 Å². The summed E-state index contributed by atoms with van der Waals surface area (Å²) in [4.78, 5) is 8.37. The Balaban J connectivity index is 2.12. The van der Waals surface area contributed by atoms with Crippen molar-refractivity contribution in [1.82, 2.24) is 9.97 Å². The molecular formula is C13H15FN4. The maximum absolute atomic E-state index is 13.5. The topological polar surface area (TPSA) is 63.8 Å². The SMILES string of the molecule is NCCNc1nccc(Cc2ccccc2F)n1. The van der Waals surface area contributed by atoms with Crippen molar-refractivity contribution >= 4 is 5.95 Å². The highest BCUT2D eigenvalue weighted by molar-refractivity contribution is 5.28. The molecule has 0 spiro atoms. The van der Waals surface area contributed by atoms with Crippen LogP contribution in [0.15, 0.2) is 36.5 Å². The highest BCUT2D eigenvalue weighted by Gasteiger charge is 2.04. The van der Waals surface area contributed by atoms with Crippen LogP contribution in [-0.2, 0) is 6.42 Å². The molecule has 1 aromatic heterocycles. The Morgan fingerprint density at radius 1 is 1.22 bits per heavy atom. The molecule has 0 aliphatic rings. The highest BCUT2D eigenvalue weighted by atomic mass is 19.1. The zero-order valence-electron chi connectivity index (χ0n) is 9.94. The first kappa shape index (κ1) is 12.4. The van der Waals surface area contributed by atoms with E-state index in [1.165, 1.54) is 6.07 Å². The molecule has 94 valence electrons. The van der Waals surface area contributed by atoms with E-state index in [1.807, 2.05) is 6.07 Å². The molecule has 0 radical (unpaired) electrons. The zero-order valence-corrected chi connectivity index (χ0v) is 9.94. The number of halogens is 1. The van der Waals surface area contributed by atoms with Crippen LogP contribution in [0.1, 0.15) is 11.3 Å². The third kappa shape index (κ3) is 3.24. The molecule has 0 amide bonds. The van der Waals surface area contributed by atoms with E-state index in [0.717, 1.165) is 5.69 Å². The lowest BCUT2D eigenvalue weighted by Gasteiger charge is -2.06. The van der Waals surface area contributed by atoms with Crippen molar-refractivity contribution in [3.63, 3.8) is 0 Å². The first-order valence-electron chi connectivity index (χ1n) is 5.79. The number of anilines is 1. The summed E-state index contributed by atoms with van der Waals surface area (Å²) < 4.78 is 13.5. The minimum Gasteiger partial charge on any atom is -0.353 e. The average molecular weight is 246 g/mol. The van der Waals surface area contributed by atoms with Crippen LogP contribution in [0.3, 0.4) is 0 Å². The summed E-state index contributed by atoms with van der Waals surface area (Å²) in [6.45, 7) is 1.13. The Kier molecular flexibility index (Phi) is 4.20. The lowest BCUT2D eigenvalue weighted by Crippen LogP contribution is -2.15. The largest absolute Gasteiger partial charge is 0.353 e. The number of nitrogens with zero attached hydrogens (tertiary/aromatic N) is 2. The fraction of sp³-hybridized carbons (Fsp3) is 0.231. The molecule has 1 aromatic carbocycles. The molecule has 0 atom stereocenters. The van der Waals surface area contributed by atoms with E-state index >= 15 is 0 Å². The van der Waals surface area contributed by atoms with Gasteiger partial charge in [0.05, 0.1) is 5.69 Å². The fourth-order valence-electron chi connectivity index (χ4n) is 1.60. The maximum atomic E-state index is 13.5. The van der Waals surface area contributed by atoms with Crippen molar-refractivity contribution in [2.75, 3.05) is 18.4 Å². The summed E-state index contributed by atoms with van der Waals surface area (Å²) in [7, 11) is 0. The smallest absolute Gasteiger partial charge is 0.222 e. The molecule has 1 heterocycles. The summed E-state index contributed by atoms with van der Waals surface area (Å²) >= 11 is 0. The van der Waals surface area contributed by atoms with E-state index in [0.29, 0.717) is 31.0 Å². The van der Waals surface area contributed by atoms with Crippen molar-refractivity contribution in [2.24, 2.45) is 5.73 Å². The van der Waals surface area contributed by atoms with Crippen LogP contribution in [0.5, 0.6) is 0 Å². The van der Waals surface area contributed by atoms with Crippen LogP contribution >= 0.6 is 0 Å². The number of hydrogen-bond donors (Lipinski definition) is 2. The lowest BCUT2D eigenvalue weighted by atomic mass is 10.1. The molecule has 2 rings (SSSR count). The maximum Gasteiger partial charge on any atom is 0.222 e. The Bertz CT molecular complexity index is 516. The number of rotatable bonds is 5. The number of nitrogens with two attached hydrogens (primary N) is 1. The van der Waals surface area contributed by atoms with E-state index < -0.39 is 0 Å². The van der Waals surface area contributed by atoms with Gasteiger partial charge >= 0.3 is 0 Å². The standard InChI is InChI=1S/C13H15FN4/c14-12-4-2-1-3-10(12)9-11-5-7-16-13(18-11)17-8-6-15/h1-5,7H,6,8-9,15H2,(H,16,17,18).